The Bertz CT molecular complexity index is 440. The summed E-state index contributed by atoms with van der Waals surface area (Å²) in [6.07, 6.45) is 0.651. The summed E-state index contributed by atoms with van der Waals surface area (Å²) in [4.78, 5) is 4.67. The number of benzene rings is 1. The fourth-order valence-corrected chi connectivity index (χ4v) is 3.34. The molecule has 1 saturated heterocycles. The van der Waals surface area contributed by atoms with E-state index in [-0.39, 0.29) is 6.61 Å². The minimum atomic E-state index is -0.456. The van der Waals surface area contributed by atoms with Gasteiger partial charge in [-0.2, -0.15) is 0 Å². The molecule has 1 aliphatic heterocycles. The highest BCUT2D eigenvalue weighted by atomic mass is 79.9. The van der Waals surface area contributed by atoms with Crippen LogP contribution in [0.2, 0.25) is 0 Å². The van der Waals surface area contributed by atoms with E-state index in [0.29, 0.717) is 0 Å². The Morgan fingerprint density at radius 3 is 2.70 bits per heavy atom. The summed E-state index contributed by atoms with van der Waals surface area (Å²) in [5.41, 5.74) is 2.11. The van der Waals surface area contributed by atoms with Crippen LogP contribution in [0.3, 0.4) is 0 Å². The molecular formula is C15H23BrN2O2. The van der Waals surface area contributed by atoms with Gasteiger partial charge in [0.25, 0.3) is 0 Å². The smallest absolute Gasteiger partial charge is 0.0772 e. The molecule has 1 fully saturated rings. The lowest BCUT2D eigenvalue weighted by Gasteiger charge is -2.24. The molecule has 0 saturated carbocycles. The SMILES string of the molecule is C[C@H](O)c1ccc(N2CCCN(CCO)CC2)cc1Br. The van der Waals surface area contributed by atoms with Crippen LogP contribution in [-0.2, 0) is 0 Å². The molecule has 0 unspecified atom stereocenters. The van der Waals surface area contributed by atoms with Crippen LogP contribution < -0.4 is 4.90 Å². The molecule has 0 bridgehead atoms. The first-order valence-corrected chi connectivity index (χ1v) is 7.97. The molecule has 1 aromatic carbocycles. The Kier molecular flexibility index (Phi) is 5.84. The van der Waals surface area contributed by atoms with Crippen molar-refractivity contribution in [2.45, 2.75) is 19.4 Å². The van der Waals surface area contributed by atoms with Crippen molar-refractivity contribution < 1.29 is 10.2 Å². The molecule has 1 atom stereocenters. The van der Waals surface area contributed by atoms with E-state index in [0.717, 1.165) is 49.2 Å². The molecule has 0 aliphatic carbocycles. The summed E-state index contributed by atoms with van der Waals surface area (Å²) in [5, 5.41) is 18.7. The minimum Gasteiger partial charge on any atom is -0.395 e. The highest BCUT2D eigenvalue weighted by molar-refractivity contribution is 9.10. The summed E-state index contributed by atoms with van der Waals surface area (Å²) in [6.45, 7) is 6.80. The van der Waals surface area contributed by atoms with E-state index < -0.39 is 6.10 Å². The van der Waals surface area contributed by atoms with Gasteiger partial charge in [-0.1, -0.05) is 22.0 Å². The maximum atomic E-state index is 9.67. The fourth-order valence-electron chi connectivity index (χ4n) is 2.65. The second-order valence-electron chi connectivity index (χ2n) is 5.29. The Hall–Kier alpha value is -0.620. The van der Waals surface area contributed by atoms with E-state index >= 15 is 0 Å². The predicted octanol–water partition coefficient (Wildman–Crippen LogP) is 2.01. The monoisotopic (exact) mass is 342 g/mol. The molecular weight excluding hydrogens is 320 g/mol. The largest absolute Gasteiger partial charge is 0.395 e. The van der Waals surface area contributed by atoms with Gasteiger partial charge >= 0.3 is 0 Å². The standard InChI is InChI=1S/C15H23BrN2O2/c1-12(20)14-4-3-13(11-15(14)16)18-6-2-5-17(7-8-18)9-10-19/h3-4,11-12,19-20H,2,5-10H2,1H3/t12-/m0/s1. The number of halogens is 1. The molecule has 1 heterocycles. The van der Waals surface area contributed by atoms with Crippen LogP contribution in [0.4, 0.5) is 5.69 Å². The normalized spacial score (nSPS) is 18.9. The van der Waals surface area contributed by atoms with Crippen molar-refractivity contribution in [3.8, 4) is 0 Å². The maximum Gasteiger partial charge on any atom is 0.0772 e. The summed E-state index contributed by atoms with van der Waals surface area (Å²) in [5.74, 6) is 0. The van der Waals surface area contributed by atoms with Crippen molar-refractivity contribution >= 4 is 21.6 Å². The topological polar surface area (TPSA) is 46.9 Å². The van der Waals surface area contributed by atoms with Gasteiger partial charge in [-0.25, -0.2) is 0 Å². The van der Waals surface area contributed by atoms with Crippen molar-refractivity contribution in [3.63, 3.8) is 0 Å². The molecule has 2 N–H and O–H groups in total. The molecule has 4 nitrogen and oxygen atoms in total. The van der Waals surface area contributed by atoms with Crippen molar-refractivity contribution in [1.29, 1.82) is 0 Å². The van der Waals surface area contributed by atoms with Crippen LogP contribution in [-0.4, -0.2) is 54.4 Å². The van der Waals surface area contributed by atoms with Gasteiger partial charge in [0.05, 0.1) is 12.7 Å². The number of anilines is 1. The van der Waals surface area contributed by atoms with Gasteiger partial charge in [0, 0.05) is 36.3 Å². The molecule has 0 aromatic heterocycles. The molecule has 112 valence electrons. The lowest BCUT2D eigenvalue weighted by Crippen LogP contribution is -2.32. The molecule has 0 spiro atoms. The lowest BCUT2D eigenvalue weighted by atomic mass is 10.1. The third kappa shape index (κ3) is 3.95. The van der Waals surface area contributed by atoms with Gasteiger partial charge in [0.1, 0.15) is 0 Å². The summed E-state index contributed by atoms with van der Waals surface area (Å²) >= 11 is 3.54. The van der Waals surface area contributed by atoms with E-state index in [1.54, 1.807) is 6.92 Å². The quantitative estimate of drug-likeness (QED) is 0.878. The van der Waals surface area contributed by atoms with E-state index in [9.17, 15) is 5.11 Å². The molecule has 1 aliphatic rings. The first kappa shape index (κ1) is 15.8. The fraction of sp³-hybridized carbons (Fsp3) is 0.600. The van der Waals surface area contributed by atoms with Crippen LogP contribution in [0.15, 0.2) is 22.7 Å². The van der Waals surface area contributed by atoms with Crippen LogP contribution in [0.5, 0.6) is 0 Å². The van der Waals surface area contributed by atoms with Crippen molar-refractivity contribution in [3.05, 3.63) is 28.2 Å². The van der Waals surface area contributed by atoms with Gasteiger partial charge in [-0.15, -0.1) is 0 Å². The van der Waals surface area contributed by atoms with Gasteiger partial charge in [-0.3, -0.25) is 4.90 Å². The zero-order valence-electron chi connectivity index (χ0n) is 11.9. The van der Waals surface area contributed by atoms with Gasteiger partial charge < -0.3 is 15.1 Å². The van der Waals surface area contributed by atoms with Crippen molar-refractivity contribution in [1.82, 2.24) is 4.90 Å². The maximum absolute atomic E-state index is 9.67. The predicted molar refractivity (Wildman–Crippen MR) is 85.1 cm³/mol. The molecule has 5 heteroatoms. The van der Waals surface area contributed by atoms with E-state index in [1.165, 1.54) is 5.69 Å². The van der Waals surface area contributed by atoms with Crippen molar-refractivity contribution in [2.75, 3.05) is 44.2 Å². The Morgan fingerprint density at radius 2 is 2.05 bits per heavy atom. The molecule has 20 heavy (non-hydrogen) atoms. The number of nitrogens with zero attached hydrogens (tertiary/aromatic N) is 2. The lowest BCUT2D eigenvalue weighted by molar-refractivity contribution is 0.198. The molecule has 1 aromatic rings. The number of aliphatic hydroxyl groups is 2. The molecule has 2 rings (SSSR count). The Labute approximate surface area is 129 Å². The average Bonchev–Trinajstić information content (AvgIpc) is 2.64. The first-order valence-electron chi connectivity index (χ1n) is 7.17. The van der Waals surface area contributed by atoms with E-state index in [4.69, 9.17) is 5.11 Å². The second-order valence-corrected chi connectivity index (χ2v) is 6.14. The van der Waals surface area contributed by atoms with Crippen LogP contribution in [0.1, 0.15) is 25.0 Å². The Morgan fingerprint density at radius 1 is 1.25 bits per heavy atom. The summed E-state index contributed by atoms with van der Waals surface area (Å²) in [7, 11) is 0. The number of hydrogen-bond donors (Lipinski definition) is 2. The van der Waals surface area contributed by atoms with E-state index in [2.05, 4.69) is 37.9 Å². The first-order chi connectivity index (χ1) is 9.61. The third-order valence-corrected chi connectivity index (χ3v) is 4.49. The summed E-state index contributed by atoms with van der Waals surface area (Å²) < 4.78 is 0.960. The van der Waals surface area contributed by atoms with Crippen molar-refractivity contribution in [2.24, 2.45) is 0 Å². The van der Waals surface area contributed by atoms with E-state index in [1.807, 2.05) is 6.07 Å². The number of aliphatic hydroxyl groups excluding tert-OH is 2. The van der Waals surface area contributed by atoms with Crippen LogP contribution >= 0.6 is 15.9 Å². The third-order valence-electron chi connectivity index (χ3n) is 3.80. The van der Waals surface area contributed by atoms with Gasteiger partial charge in [0.15, 0.2) is 0 Å². The van der Waals surface area contributed by atoms with Crippen LogP contribution in [0.25, 0.3) is 0 Å². The molecule has 0 radical (unpaired) electrons. The number of hydrogen-bond acceptors (Lipinski definition) is 4. The Balaban J connectivity index is 2.06. The zero-order chi connectivity index (χ0) is 14.5. The second kappa shape index (κ2) is 7.41. The highest BCUT2D eigenvalue weighted by Gasteiger charge is 2.16. The molecule has 0 amide bonds. The summed E-state index contributed by atoms with van der Waals surface area (Å²) in [6, 6.07) is 6.15. The number of rotatable bonds is 4. The van der Waals surface area contributed by atoms with Gasteiger partial charge in [-0.05, 0) is 37.6 Å². The van der Waals surface area contributed by atoms with Crippen LogP contribution in [0, 0.1) is 0 Å². The highest BCUT2D eigenvalue weighted by Crippen LogP contribution is 2.28. The zero-order valence-corrected chi connectivity index (χ0v) is 13.5. The number of β-amino-alcohol motifs (C(OH)–C–C–N with tert-alkyl or cyclic N) is 1. The minimum absolute atomic E-state index is 0.231. The average molecular weight is 343 g/mol. The van der Waals surface area contributed by atoms with Gasteiger partial charge in [0.2, 0.25) is 0 Å².